The summed E-state index contributed by atoms with van der Waals surface area (Å²) in [7, 11) is 0. The van der Waals surface area contributed by atoms with E-state index in [9.17, 15) is 4.79 Å². The summed E-state index contributed by atoms with van der Waals surface area (Å²) in [5, 5.41) is 8.75. The zero-order chi connectivity index (χ0) is 16.2. The summed E-state index contributed by atoms with van der Waals surface area (Å²) in [4.78, 5) is 12.2. The first-order valence-electron chi connectivity index (χ1n) is 7.23. The van der Waals surface area contributed by atoms with Crippen LogP contribution in [0.25, 0.3) is 6.08 Å². The van der Waals surface area contributed by atoms with E-state index in [-0.39, 0.29) is 11.2 Å². The van der Waals surface area contributed by atoms with Gasteiger partial charge in [0, 0.05) is 5.56 Å². The normalized spacial score (nSPS) is 11.4. The monoisotopic (exact) mass is 289 g/mol. The maximum Gasteiger partial charge on any atom is 0.185 e. The van der Waals surface area contributed by atoms with E-state index in [4.69, 9.17) is 5.26 Å². The summed E-state index contributed by atoms with van der Waals surface area (Å²) >= 11 is 0. The lowest BCUT2D eigenvalue weighted by atomic mass is 9.86. The van der Waals surface area contributed by atoms with Crippen molar-refractivity contribution in [2.24, 2.45) is 0 Å². The number of allylic oxidation sites excluding steroid dienone is 1. The Labute approximate surface area is 131 Å². The molecule has 2 heteroatoms. The van der Waals surface area contributed by atoms with Crippen molar-refractivity contribution in [2.75, 3.05) is 0 Å². The minimum Gasteiger partial charge on any atom is -0.289 e. The molecule has 0 atom stereocenters. The van der Waals surface area contributed by atoms with Crippen molar-refractivity contribution in [1.82, 2.24) is 0 Å². The Bertz CT molecular complexity index is 723. The van der Waals surface area contributed by atoms with E-state index >= 15 is 0 Å². The van der Waals surface area contributed by atoms with Crippen molar-refractivity contribution in [3.05, 3.63) is 76.9 Å². The van der Waals surface area contributed by atoms with E-state index in [1.54, 1.807) is 24.3 Å². The maximum absolute atomic E-state index is 12.2. The van der Waals surface area contributed by atoms with Gasteiger partial charge >= 0.3 is 0 Å². The third kappa shape index (κ3) is 3.93. The lowest BCUT2D eigenvalue weighted by molar-refractivity contribution is 0.104. The van der Waals surface area contributed by atoms with Crippen molar-refractivity contribution in [2.45, 2.75) is 26.2 Å². The molecule has 0 aliphatic carbocycles. The number of nitriles is 1. The quantitative estimate of drug-likeness (QED) is 0.604. The predicted octanol–water partition coefficient (Wildman–Crippen LogP) is 4.75. The molecule has 0 radical (unpaired) electrons. The van der Waals surface area contributed by atoms with Gasteiger partial charge in [0.1, 0.15) is 0 Å². The number of nitrogens with zero attached hydrogens (tertiary/aromatic N) is 1. The Hall–Kier alpha value is -2.66. The van der Waals surface area contributed by atoms with Gasteiger partial charge in [-0.15, -0.1) is 0 Å². The highest BCUT2D eigenvalue weighted by Crippen LogP contribution is 2.22. The molecule has 0 fully saturated rings. The lowest BCUT2D eigenvalue weighted by Crippen LogP contribution is -2.11. The average molecular weight is 289 g/mol. The smallest absolute Gasteiger partial charge is 0.185 e. The van der Waals surface area contributed by atoms with Gasteiger partial charge in [0.05, 0.1) is 11.6 Å². The van der Waals surface area contributed by atoms with Gasteiger partial charge in [0.25, 0.3) is 0 Å². The highest BCUT2D eigenvalue weighted by Gasteiger charge is 2.13. The van der Waals surface area contributed by atoms with Crippen LogP contribution in [0, 0.1) is 11.3 Å². The first-order valence-corrected chi connectivity index (χ1v) is 7.23. The molecule has 0 unspecified atom stereocenters. The molecule has 0 aliphatic rings. The SMILES string of the molecule is CC(C)(C)c1ccc(C(=O)C=Cc2ccc(C#N)cc2)cc1. The number of hydrogen-bond acceptors (Lipinski definition) is 2. The van der Waals surface area contributed by atoms with Crippen LogP contribution in [0.2, 0.25) is 0 Å². The summed E-state index contributed by atoms with van der Waals surface area (Å²) in [6.07, 6.45) is 3.33. The number of benzene rings is 2. The fourth-order valence-corrected chi connectivity index (χ4v) is 2.07. The second-order valence-electron chi connectivity index (χ2n) is 6.26. The van der Waals surface area contributed by atoms with Gasteiger partial charge in [-0.2, -0.15) is 5.26 Å². The molecular formula is C20H19NO. The molecule has 0 aliphatic heterocycles. The molecular weight excluding hydrogens is 270 g/mol. The Balaban J connectivity index is 2.11. The van der Waals surface area contributed by atoms with Crippen LogP contribution in [0.4, 0.5) is 0 Å². The standard InChI is InChI=1S/C20H19NO/c1-20(2,3)18-11-9-17(10-12-18)19(22)13-8-15-4-6-16(14-21)7-5-15/h4-13H,1-3H3. The number of rotatable bonds is 3. The Morgan fingerprint density at radius 3 is 2.09 bits per heavy atom. The molecule has 110 valence electrons. The van der Waals surface area contributed by atoms with Crippen LogP contribution < -0.4 is 0 Å². The predicted molar refractivity (Wildman–Crippen MR) is 89.7 cm³/mol. The topological polar surface area (TPSA) is 40.9 Å². The molecule has 0 aromatic heterocycles. The van der Waals surface area contributed by atoms with Crippen molar-refractivity contribution >= 4 is 11.9 Å². The molecule has 2 rings (SSSR count). The van der Waals surface area contributed by atoms with Crippen LogP contribution >= 0.6 is 0 Å². The number of carbonyl (C=O) groups is 1. The largest absolute Gasteiger partial charge is 0.289 e. The molecule has 2 nitrogen and oxygen atoms in total. The number of hydrogen-bond donors (Lipinski definition) is 0. The van der Waals surface area contributed by atoms with Crippen LogP contribution in [0.1, 0.15) is 47.8 Å². The minimum absolute atomic E-state index is 0.0233. The van der Waals surface area contributed by atoms with E-state index in [0.29, 0.717) is 11.1 Å². The van der Waals surface area contributed by atoms with Crippen LogP contribution in [0.15, 0.2) is 54.6 Å². The number of carbonyl (C=O) groups excluding carboxylic acids is 1. The third-order valence-corrected chi connectivity index (χ3v) is 3.50. The van der Waals surface area contributed by atoms with Gasteiger partial charge in [0.15, 0.2) is 5.78 Å². The molecule has 2 aromatic rings. The van der Waals surface area contributed by atoms with Crippen LogP contribution in [-0.2, 0) is 5.41 Å². The second-order valence-corrected chi connectivity index (χ2v) is 6.26. The number of ketones is 1. The van der Waals surface area contributed by atoms with E-state index in [0.717, 1.165) is 5.56 Å². The van der Waals surface area contributed by atoms with E-state index in [1.807, 2.05) is 36.4 Å². The zero-order valence-electron chi connectivity index (χ0n) is 13.1. The highest BCUT2D eigenvalue weighted by atomic mass is 16.1. The molecule has 0 amide bonds. The summed E-state index contributed by atoms with van der Waals surface area (Å²) in [6.45, 7) is 6.44. The Kier molecular flexibility index (Phi) is 4.58. The van der Waals surface area contributed by atoms with Crippen molar-refractivity contribution in [1.29, 1.82) is 5.26 Å². The summed E-state index contributed by atoms with van der Waals surface area (Å²) in [5.74, 6) is -0.0233. The maximum atomic E-state index is 12.2. The molecule has 0 spiro atoms. The first kappa shape index (κ1) is 15.7. The molecule has 0 N–H and O–H groups in total. The Morgan fingerprint density at radius 1 is 1.00 bits per heavy atom. The van der Waals surface area contributed by atoms with Gasteiger partial charge in [-0.1, -0.05) is 63.2 Å². The fourth-order valence-electron chi connectivity index (χ4n) is 2.07. The lowest BCUT2D eigenvalue weighted by Gasteiger charge is -2.18. The van der Waals surface area contributed by atoms with Gasteiger partial charge in [0.2, 0.25) is 0 Å². The highest BCUT2D eigenvalue weighted by molar-refractivity contribution is 6.06. The van der Waals surface area contributed by atoms with E-state index < -0.39 is 0 Å². The molecule has 22 heavy (non-hydrogen) atoms. The molecule has 0 heterocycles. The fraction of sp³-hybridized carbons (Fsp3) is 0.200. The minimum atomic E-state index is -0.0233. The third-order valence-electron chi connectivity index (χ3n) is 3.50. The van der Waals surface area contributed by atoms with Crippen molar-refractivity contribution < 1.29 is 4.79 Å². The van der Waals surface area contributed by atoms with E-state index in [2.05, 4.69) is 26.8 Å². The molecule has 0 saturated heterocycles. The summed E-state index contributed by atoms with van der Waals surface area (Å²) < 4.78 is 0. The molecule has 0 bridgehead atoms. The summed E-state index contributed by atoms with van der Waals surface area (Å²) in [5.41, 5.74) is 3.48. The van der Waals surface area contributed by atoms with Crippen LogP contribution in [0.3, 0.4) is 0 Å². The van der Waals surface area contributed by atoms with Crippen molar-refractivity contribution in [3.8, 4) is 6.07 Å². The molecule has 2 aromatic carbocycles. The van der Waals surface area contributed by atoms with Gasteiger partial charge in [-0.3, -0.25) is 4.79 Å². The average Bonchev–Trinajstić information content (AvgIpc) is 2.52. The second kappa shape index (κ2) is 6.41. The zero-order valence-corrected chi connectivity index (χ0v) is 13.1. The van der Waals surface area contributed by atoms with Crippen LogP contribution in [-0.4, -0.2) is 5.78 Å². The van der Waals surface area contributed by atoms with Gasteiger partial charge < -0.3 is 0 Å². The van der Waals surface area contributed by atoms with E-state index in [1.165, 1.54) is 5.56 Å². The van der Waals surface area contributed by atoms with Gasteiger partial charge in [-0.05, 0) is 34.8 Å². The molecule has 0 saturated carbocycles. The summed E-state index contributed by atoms with van der Waals surface area (Å²) in [6, 6.07) is 16.9. The Morgan fingerprint density at radius 2 is 1.59 bits per heavy atom. The first-order chi connectivity index (χ1) is 10.4. The van der Waals surface area contributed by atoms with Gasteiger partial charge in [-0.25, -0.2) is 0 Å². The van der Waals surface area contributed by atoms with Crippen molar-refractivity contribution in [3.63, 3.8) is 0 Å². The van der Waals surface area contributed by atoms with Crippen LogP contribution in [0.5, 0.6) is 0 Å².